The van der Waals surface area contributed by atoms with E-state index in [9.17, 15) is 5.21 Å². The standard InChI is InChI=1S/C6H15IN4O2/c1-3-8-4-5-10(6(2)7)11(13)9-12/h6,8,12H,3-5H2,1-2H3. The second-order valence-corrected chi connectivity index (χ2v) is 4.24. The first-order chi connectivity index (χ1) is 6.13. The summed E-state index contributed by atoms with van der Waals surface area (Å²) in [6.07, 6.45) is 0. The van der Waals surface area contributed by atoms with Gasteiger partial charge in [0.25, 0.3) is 0 Å². The largest absolute Gasteiger partial charge is 0.569 e. The van der Waals surface area contributed by atoms with Crippen LogP contribution in [0.5, 0.6) is 0 Å². The molecular formula is C6H15IN4O2. The molecule has 0 aromatic rings. The molecule has 0 aliphatic carbocycles. The molecule has 1 atom stereocenters. The fourth-order valence-corrected chi connectivity index (χ4v) is 1.31. The zero-order valence-corrected chi connectivity index (χ0v) is 9.93. The SMILES string of the molecule is CCNCCN(C(C)I)[N+]([O-])=NO. The van der Waals surface area contributed by atoms with Crippen LogP contribution < -0.4 is 5.32 Å². The Morgan fingerprint density at radius 1 is 1.77 bits per heavy atom. The van der Waals surface area contributed by atoms with E-state index >= 15 is 0 Å². The van der Waals surface area contributed by atoms with Gasteiger partial charge < -0.3 is 15.7 Å². The van der Waals surface area contributed by atoms with Gasteiger partial charge in [0.05, 0.1) is 11.5 Å². The summed E-state index contributed by atoms with van der Waals surface area (Å²) >= 11 is 2.08. The van der Waals surface area contributed by atoms with Crippen LogP contribution in [0.25, 0.3) is 0 Å². The van der Waals surface area contributed by atoms with Gasteiger partial charge in [-0.25, -0.2) is 0 Å². The monoisotopic (exact) mass is 302 g/mol. The second-order valence-electron chi connectivity index (χ2n) is 2.43. The molecule has 0 fully saturated rings. The van der Waals surface area contributed by atoms with Gasteiger partial charge in [-0.1, -0.05) is 29.5 Å². The third kappa shape index (κ3) is 5.09. The first-order valence-corrected chi connectivity index (χ1v) is 5.31. The minimum absolute atomic E-state index is 0.00958. The smallest absolute Gasteiger partial charge is 0.230 e. The van der Waals surface area contributed by atoms with Gasteiger partial charge >= 0.3 is 0 Å². The van der Waals surface area contributed by atoms with Crippen molar-refractivity contribution in [2.75, 3.05) is 19.6 Å². The highest BCUT2D eigenvalue weighted by Crippen LogP contribution is 2.06. The normalized spacial score (nSPS) is 14.2. The number of nitrogens with one attached hydrogen (secondary N) is 1. The fraction of sp³-hybridized carbons (Fsp3) is 1.00. The summed E-state index contributed by atoms with van der Waals surface area (Å²) in [7, 11) is 0. The molecular weight excluding hydrogens is 287 g/mol. The van der Waals surface area contributed by atoms with Gasteiger partial charge in [-0.05, 0) is 13.5 Å². The molecule has 0 rings (SSSR count). The van der Waals surface area contributed by atoms with Crippen molar-refractivity contribution in [3.63, 3.8) is 0 Å². The van der Waals surface area contributed by atoms with Crippen molar-refractivity contribution in [1.29, 1.82) is 0 Å². The highest BCUT2D eigenvalue weighted by Gasteiger charge is 2.17. The van der Waals surface area contributed by atoms with Crippen LogP contribution in [-0.2, 0) is 0 Å². The van der Waals surface area contributed by atoms with Crippen LogP contribution in [0.1, 0.15) is 13.8 Å². The lowest BCUT2D eigenvalue weighted by atomic mass is 10.5. The molecule has 78 valence electrons. The van der Waals surface area contributed by atoms with Crippen LogP contribution >= 0.6 is 22.6 Å². The van der Waals surface area contributed by atoms with E-state index in [0.29, 0.717) is 13.1 Å². The number of nitrogens with zero attached hydrogens (tertiary/aromatic N) is 3. The summed E-state index contributed by atoms with van der Waals surface area (Å²) in [6.45, 7) is 5.91. The van der Waals surface area contributed by atoms with Crippen molar-refractivity contribution < 1.29 is 10.2 Å². The van der Waals surface area contributed by atoms with E-state index in [1.165, 1.54) is 5.01 Å². The number of hydrazine groups is 1. The molecule has 7 heteroatoms. The zero-order chi connectivity index (χ0) is 10.3. The van der Waals surface area contributed by atoms with Crippen LogP contribution in [0.4, 0.5) is 0 Å². The molecule has 2 N–H and O–H groups in total. The maximum atomic E-state index is 10.9. The van der Waals surface area contributed by atoms with E-state index in [1.54, 1.807) is 0 Å². The number of likely N-dealkylation sites (N-methyl/N-ethyl adjacent to an activating group) is 1. The molecule has 0 aliphatic rings. The van der Waals surface area contributed by atoms with Gasteiger partial charge in [0.1, 0.15) is 4.05 Å². The fourth-order valence-electron chi connectivity index (χ4n) is 0.821. The second kappa shape index (κ2) is 7.13. The molecule has 0 saturated carbocycles. The lowest BCUT2D eigenvalue weighted by molar-refractivity contribution is -0.710. The van der Waals surface area contributed by atoms with Crippen molar-refractivity contribution in [3.05, 3.63) is 5.21 Å². The first kappa shape index (κ1) is 12.7. The van der Waals surface area contributed by atoms with Crippen LogP contribution in [0.3, 0.4) is 0 Å². The molecule has 0 radical (unpaired) electrons. The highest BCUT2D eigenvalue weighted by atomic mass is 127. The van der Waals surface area contributed by atoms with Crippen molar-refractivity contribution in [2.45, 2.75) is 17.9 Å². The van der Waals surface area contributed by atoms with Gasteiger partial charge in [0.15, 0.2) is 0 Å². The Balaban J connectivity index is 3.96. The Bertz CT molecular complexity index is 165. The molecule has 0 saturated heterocycles. The average Bonchev–Trinajstić information content (AvgIpc) is 2.11. The lowest BCUT2D eigenvalue weighted by Gasteiger charge is -2.19. The van der Waals surface area contributed by atoms with E-state index in [0.717, 1.165) is 6.54 Å². The van der Waals surface area contributed by atoms with Crippen LogP contribution in [0, 0.1) is 5.21 Å². The quantitative estimate of drug-likeness (QED) is 0.146. The number of halogens is 1. The Kier molecular flexibility index (Phi) is 6.96. The molecule has 0 aromatic heterocycles. The van der Waals surface area contributed by atoms with Crippen LogP contribution in [-0.4, -0.2) is 38.9 Å². The minimum atomic E-state index is -0.00958. The van der Waals surface area contributed by atoms with Crippen molar-refractivity contribution in [1.82, 2.24) is 10.3 Å². The van der Waals surface area contributed by atoms with E-state index in [2.05, 4.69) is 33.2 Å². The molecule has 0 heterocycles. The summed E-state index contributed by atoms with van der Waals surface area (Å²) < 4.78 is -0.00958. The zero-order valence-electron chi connectivity index (χ0n) is 7.77. The maximum absolute atomic E-state index is 10.9. The van der Waals surface area contributed by atoms with Crippen molar-refractivity contribution in [2.24, 2.45) is 5.28 Å². The molecule has 0 aliphatic heterocycles. The maximum Gasteiger partial charge on any atom is 0.230 e. The summed E-state index contributed by atoms with van der Waals surface area (Å²) in [4.78, 5) is 0.203. The summed E-state index contributed by atoms with van der Waals surface area (Å²) in [5.41, 5.74) is 0. The van der Waals surface area contributed by atoms with E-state index in [1.807, 2.05) is 13.8 Å². The molecule has 0 bridgehead atoms. The number of hydrogen-bond acceptors (Lipinski definition) is 3. The Morgan fingerprint density at radius 3 is 2.77 bits per heavy atom. The molecule has 0 spiro atoms. The Morgan fingerprint density at radius 2 is 2.38 bits per heavy atom. The minimum Gasteiger partial charge on any atom is -0.569 e. The van der Waals surface area contributed by atoms with E-state index < -0.39 is 0 Å². The Hall–Kier alpha value is -0.310. The van der Waals surface area contributed by atoms with Gasteiger partial charge in [0.2, 0.25) is 5.28 Å². The topological polar surface area (TPSA) is 73.9 Å². The predicted molar refractivity (Wildman–Crippen MR) is 56.6 cm³/mol. The van der Waals surface area contributed by atoms with Crippen LogP contribution in [0.15, 0.2) is 5.28 Å². The summed E-state index contributed by atoms with van der Waals surface area (Å²) in [5.74, 6) is 0. The van der Waals surface area contributed by atoms with E-state index in [4.69, 9.17) is 5.21 Å². The summed E-state index contributed by atoms with van der Waals surface area (Å²) in [6, 6.07) is 0. The summed E-state index contributed by atoms with van der Waals surface area (Å²) in [5, 5.41) is 26.3. The molecule has 0 aromatic carbocycles. The van der Waals surface area contributed by atoms with Crippen molar-refractivity contribution >= 4 is 22.6 Å². The number of rotatable bonds is 6. The molecule has 13 heavy (non-hydrogen) atoms. The number of alkyl halides is 1. The van der Waals surface area contributed by atoms with Gasteiger partial charge in [-0.3, -0.25) is 0 Å². The van der Waals surface area contributed by atoms with Crippen molar-refractivity contribution in [3.8, 4) is 0 Å². The third-order valence-corrected chi connectivity index (χ3v) is 2.12. The molecule has 0 amide bonds. The molecule has 6 nitrogen and oxygen atoms in total. The highest BCUT2D eigenvalue weighted by molar-refractivity contribution is 14.1. The average molecular weight is 302 g/mol. The van der Waals surface area contributed by atoms with Gasteiger partial charge in [-0.15, -0.1) is 5.01 Å². The predicted octanol–water partition coefficient (Wildman–Crippen LogP) is 0.946. The van der Waals surface area contributed by atoms with Gasteiger partial charge in [-0.2, -0.15) is 0 Å². The molecule has 1 unspecified atom stereocenters. The van der Waals surface area contributed by atoms with Gasteiger partial charge in [0, 0.05) is 6.54 Å². The van der Waals surface area contributed by atoms with E-state index in [-0.39, 0.29) is 9.02 Å². The third-order valence-electron chi connectivity index (χ3n) is 1.47. The Labute approximate surface area is 91.3 Å². The number of hydrogen-bond donors (Lipinski definition) is 2. The van der Waals surface area contributed by atoms with Crippen LogP contribution in [0.2, 0.25) is 0 Å². The lowest BCUT2D eigenvalue weighted by Crippen LogP contribution is -2.40. The first-order valence-electron chi connectivity index (χ1n) is 4.07.